The van der Waals surface area contributed by atoms with Crippen molar-refractivity contribution in [2.45, 2.75) is 26.1 Å². The summed E-state index contributed by atoms with van der Waals surface area (Å²) in [5.74, 6) is -0.00759. The van der Waals surface area contributed by atoms with E-state index in [1.807, 2.05) is 19.9 Å². The van der Waals surface area contributed by atoms with E-state index in [4.69, 9.17) is 10.5 Å². The Morgan fingerprint density at radius 1 is 1.30 bits per heavy atom. The first-order chi connectivity index (χ1) is 9.38. The standard InChI is InChI=1S/C15H23N3O2/c1-10-8-18(9-11(2)20-10)14-7-12(16)5-6-13(14)15(19)17(3)4/h5-7,10-11H,8-9,16H2,1-4H3/t10-,11+. The van der Waals surface area contributed by atoms with Crippen LogP contribution < -0.4 is 10.6 Å². The second-order valence-electron chi connectivity index (χ2n) is 5.64. The Balaban J connectivity index is 2.38. The smallest absolute Gasteiger partial charge is 0.255 e. The monoisotopic (exact) mass is 277 g/mol. The van der Waals surface area contributed by atoms with Crippen LogP contribution in [0.3, 0.4) is 0 Å². The van der Waals surface area contributed by atoms with Gasteiger partial charge in [-0.05, 0) is 32.0 Å². The fourth-order valence-corrected chi connectivity index (χ4v) is 2.61. The van der Waals surface area contributed by atoms with E-state index < -0.39 is 0 Å². The number of nitrogens with zero attached hydrogens (tertiary/aromatic N) is 2. The lowest BCUT2D eigenvalue weighted by atomic mass is 10.1. The van der Waals surface area contributed by atoms with Crippen molar-refractivity contribution in [2.75, 3.05) is 37.8 Å². The molecule has 2 atom stereocenters. The number of carbonyl (C=O) groups excluding carboxylic acids is 1. The lowest BCUT2D eigenvalue weighted by Gasteiger charge is -2.37. The zero-order chi connectivity index (χ0) is 14.9. The van der Waals surface area contributed by atoms with Gasteiger partial charge in [0.1, 0.15) is 0 Å². The molecule has 2 rings (SSSR count). The maximum atomic E-state index is 12.3. The average Bonchev–Trinajstić information content (AvgIpc) is 2.36. The number of hydrogen-bond donors (Lipinski definition) is 1. The normalized spacial score (nSPS) is 22.7. The SMILES string of the molecule is C[C@@H]1CN(c2cc(N)ccc2C(=O)N(C)C)C[C@H](C)O1. The molecule has 0 aromatic heterocycles. The molecular formula is C15H23N3O2. The lowest BCUT2D eigenvalue weighted by Crippen LogP contribution is -2.46. The summed E-state index contributed by atoms with van der Waals surface area (Å²) in [6.45, 7) is 5.62. The molecule has 0 aliphatic carbocycles. The number of amides is 1. The number of nitrogens with two attached hydrogens (primary N) is 1. The fourth-order valence-electron chi connectivity index (χ4n) is 2.61. The molecule has 20 heavy (non-hydrogen) atoms. The van der Waals surface area contributed by atoms with Crippen molar-refractivity contribution in [1.29, 1.82) is 0 Å². The van der Waals surface area contributed by atoms with Crippen LogP contribution in [-0.4, -0.2) is 50.2 Å². The number of carbonyl (C=O) groups is 1. The molecule has 1 saturated heterocycles. The van der Waals surface area contributed by atoms with E-state index in [0.717, 1.165) is 18.8 Å². The van der Waals surface area contributed by atoms with Crippen LogP contribution in [0.2, 0.25) is 0 Å². The van der Waals surface area contributed by atoms with Crippen LogP contribution >= 0.6 is 0 Å². The Kier molecular flexibility index (Phi) is 4.18. The molecule has 5 nitrogen and oxygen atoms in total. The van der Waals surface area contributed by atoms with Crippen molar-refractivity contribution in [3.8, 4) is 0 Å². The molecule has 0 radical (unpaired) electrons. The van der Waals surface area contributed by atoms with Gasteiger partial charge in [0.25, 0.3) is 5.91 Å². The highest BCUT2D eigenvalue weighted by Gasteiger charge is 2.26. The van der Waals surface area contributed by atoms with Crippen molar-refractivity contribution in [3.05, 3.63) is 23.8 Å². The van der Waals surface area contributed by atoms with Gasteiger partial charge in [0.05, 0.1) is 23.5 Å². The fraction of sp³-hybridized carbons (Fsp3) is 0.533. The number of ether oxygens (including phenoxy) is 1. The lowest BCUT2D eigenvalue weighted by molar-refractivity contribution is -0.00528. The minimum absolute atomic E-state index is 0.00759. The Morgan fingerprint density at radius 3 is 2.45 bits per heavy atom. The minimum Gasteiger partial charge on any atom is -0.399 e. The molecule has 1 aromatic carbocycles. The summed E-state index contributed by atoms with van der Waals surface area (Å²) in [6.07, 6.45) is 0.282. The highest BCUT2D eigenvalue weighted by atomic mass is 16.5. The number of anilines is 2. The van der Waals surface area contributed by atoms with Gasteiger partial charge in [0, 0.05) is 32.9 Å². The van der Waals surface area contributed by atoms with Gasteiger partial charge in [-0.1, -0.05) is 0 Å². The number of nitrogen functional groups attached to an aromatic ring is 1. The molecule has 0 bridgehead atoms. The summed E-state index contributed by atoms with van der Waals surface area (Å²) in [5, 5.41) is 0. The Bertz CT molecular complexity index is 492. The molecule has 1 aromatic rings. The van der Waals surface area contributed by atoms with Crippen molar-refractivity contribution in [3.63, 3.8) is 0 Å². The van der Waals surface area contributed by atoms with Crippen LogP contribution in [0.5, 0.6) is 0 Å². The molecule has 110 valence electrons. The molecule has 1 aliphatic rings. The van der Waals surface area contributed by atoms with Gasteiger partial charge in [-0.3, -0.25) is 4.79 Å². The average molecular weight is 277 g/mol. The summed E-state index contributed by atoms with van der Waals surface area (Å²) in [7, 11) is 3.51. The molecule has 0 saturated carbocycles. The topological polar surface area (TPSA) is 58.8 Å². The maximum Gasteiger partial charge on any atom is 0.255 e. The molecular weight excluding hydrogens is 254 g/mol. The predicted octanol–water partition coefficient (Wildman–Crippen LogP) is 1.58. The zero-order valence-corrected chi connectivity index (χ0v) is 12.6. The Labute approximate surface area is 120 Å². The van der Waals surface area contributed by atoms with E-state index in [-0.39, 0.29) is 18.1 Å². The third kappa shape index (κ3) is 3.04. The molecule has 0 unspecified atom stereocenters. The molecule has 1 heterocycles. The van der Waals surface area contributed by atoms with Gasteiger partial charge < -0.3 is 20.3 Å². The van der Waals surface area contributed by atoms with Gasteiger partial charge >= 0.3 is 0 Å². The van der Waals surface area contributed by atoms with Crippen molar-refractivity contribution in [1.82, 2.24) is 4.90 Å². The van der Waals surface area contributed by atoms with Crippen LogP contribution in [0.1, 0.15) is 24.2 Å². The first kappa shape index (κ1) is 14.7. The van der Waals surface area contributed by atoms with E-state index >= 15 is 0 Å². The molecule has 1 fully saturated rings. The van der Waals surface area contributed by atoms with E-state index in [9.17, 15) is 4.79 Å². The van der Waals surface area contributed by atoms with E-state index in [2.05, 4.69) is 4.90 Å². The van der Waals surface area contributed by atoms with Gasteiger partial charge in [-0.2, -0.15) is 0 Å². The molecule has 5 heteroatoms. The van der Waals surface area contributed by atoms with Crippen LogP contribution in [0.4, 0.5) is 11.4 Å². The summed E-state index contributed by atoms with van der Waals surface area (Å²) >= 11 is 0. The highest BCUT2D eigenvalue weighted by Crippen LogP contribution is 2.27. The van der Waals surface area contributed by atoms with Crippen LogP contribution in [0, 0.1) is 0 Å². The van der Waals surface area contributed by atoms with E-state index in [0.29, 0.717) is 11.3 Å². The largest absolute Gasteiger partial charge is 0.399 e. The van der Waals surface area contributed by atoms with Gasteiger partial charge in [0.2, 0.25) is 0 Å². The third-order valence-corrected chi connectivity index (χ3v) is 3.42. The second-order valence-corrected chi connectivity index (χ2v) is 5.64. The summed E-state index contributed by atoms with van der Waals surface area (Å²) in [4.78, 5) is 16.1. The molecule has 2 N–H and O–H groups in total. The summed E-state index contributed by atoms with van der Waals surface area (Å²) in [5.41, 5.74) is 8.15. The number of morpholine rings is 1. The summed E-state index contributed by atoms with van der Waals surface area (Å²) < 4.78 is 5.75. The highest BCUT2D eigenvalue weighted by molar-refractivity contribution is 6.00. The first-order valence-corrected chi connectivity index (χ1v) is 6.90. The Morgan fingerprint density at radius 2 is 1.90 bits per heavy atom. The van der Waals surface area contributed by atoms with Crippen LogP contribution in [0.25, 0.3) is 0 Å². The maximum absolute atomic E-state index is 12.3. The van der Waals surface area contributed by atoms with Crippen LogP contribution in [0.15, 0.2) is 18.2 Å². The third-order valence-electron chi connectivity index (χ3n) is 3.42. The van der Waals surface area contributed by atoms with E-state index in [1.165, 1.54) is 0 Å². The first-order valence-electron chi connectivity index (χ1n) is 6.90. The second kappa shape index (κ2) is 5.71. The minimum atomic E-state index is -0.00759. The van der Waals surface area contributed by atoms with Gasteiger partial charge in [-0.25, -0.2) is 0 Å². The van der Waals surface area contributed by atoms with Crippen molar-refractivity contribution < 1.29 is 9.53 Å². The summed E-state index contributed by atoms with van der Waals surface area (Å²) in [6, 6.07) is 5.45. The predicted molar refractivity (Wildman–Crippen MR) is 81.1 cm³/mol. The Hall–Kier alpha value is -1.75. The number of rotatable bonds is 2. The number of benzene rings is 1. The van der Waals surface area contributed by atoms with Crippen molar-refractivity contribution >= 4 is 17.3 Å². The molecule has 1 amide bonds. The van der Waals surface area contributed by atoms with Crippen LogP contribution in [-0.2, 0) is 4.74 Å². The molecule has 0 spiro atoms. The quantitative estimate of drug-likeness (QED) is 0.834. The molecule has 1 aliphatic heterocycles. The van der Waals surface area contributed by atoms with Gasteiger partial charge in [-0.15, -0.1) is 0 Å². The van der Waals surface area contributed by atoms with Gasteiger partial charge in [0.15, 0.2) is 0 Å². The zero-order valence-electron chi connectivity index (χ0n) is 12.6. The van der Waals surface area contributed by atoms with E-state index in [1.54, 1.807) is 31.1 Å². The van der Waals surface area contributed by atoms with Crippen molar-refractivity contribution in [2.24, 2.45) is 0 Å². The number of hydrogen-bond acceptors (Lipinski definition) is 4.